The fourth-order valence-corrected chi connectivity index (χ4v) is 3.53. The van der Waals surface area contributed by atoms with E-state index in [0.29, 0.717) is 27.4 Å². The Labute approximate surface area is 175 Å². The predicted octanol–water partition coefficient (Wildman–Crippen LogP) is 2.84. The third-order valence-corrected chi connectivity index (χ3v) is 5.26. The number of nitrogens with one attached hydrogen (secondary N) is 1. The number of carbonyl (C=O) groups excluding carboxylic acids is 1. The van der Waals surface area contributed by atoms with Crippen molar-refractivity contribution in [2.45, 2.75) is 5.16 Å². The number of hydrogen-bond acceptors (Lipinski definition) is 7. The van der Waals surface area contributed by atoms with Crippen molar-refractivity contribution < 1.29 is 4.79 Å². The quantitative estimate of drug-likeness (QED) is 0.473. The van der Waals surface area contributed by atoms with Gasteiger partial charge in [0.25, 0.3) is 0 Å². The van der Waals surface area contributed by atoms with Gasteiger partial charge < -0.3 is 9.88 Å². The lowest BCUT2D eigenvalue weighted by molar-refractivity contribution is -0.113. The Morgan fingerprint density at radius 2 is 2.00 bits per heavy atom. The zero-order chi connectivity index (χ0) is 20.2. The molecule has 0 spiro atoms. The van der Waals surface area contributed by atoms with Crippen molar-refractivity contribution in [3.8, 4) is 17.1 Å². The molecular formula is C18H15ClN8OS. The van der Waals surface area contributed by atoms with E-state index in [2.05, 4.69) is 30.6 Å². The average Bonchev–Trinajstić information content (AvgIpc) is 3.37. The molecule has 3 heterocycles. The van der Waals surface area contributed by atoms with E-state index in [1.54, 1.807) is 41.6 Å². The summed E-state index contributed by atoms with van der Waals surface area (Å²) in [5.41, 5.74) is 2.12. The zero-order valence-corrected chi connectivity index (χ0v) is 16.8. The van der Waals surface area contributed by atoms with Crippen LogP contribution in [-0.2, 0) is 11.8 Å². The summed E-state index contributed by atoms with van der Waals surface area (Å²) in [6, 6.07) is 8.88. The summed E-state index contributed by atoms with van der Waals surface area (Å²) < 4.78 is 3.40. The maximum atomic E-state index is 12.5. The van der Waals surface area contributed by atoms with Gasteiger partial charge in [0, 0.05) is 30.0 Å². The molecule has 0 saturated heterocycles. The lowest BCUT2D eigenvalue weighted by atomic mass is 10.2. The predicted molar refractivity (Wildman–Crippen MR) is 110 cm³/mol. The van der Waals surface area contributed by atoms with Gasteiger partial charge in [-0.05, 0) is 30.3 Å². The second-order valence-corrected chi connectivity index (χ2v) is 7.32. The molecule has 0 radical (unpaired) electrons. The Kier molecular flexibility index (Phi) is 5.54. The Hall–Kier alpha value is -3.24. The SMILES string of the molecule is Cn1c(SCC(=O)Nc2cc(Cl)ccc2-n2cncn2)nnc1-c1ccncc1. The highest BCUT2D eigenvalue weighted by Crippen LogP contribution is 2.25. The highest BCUT2D eigenvalue weighted by atomic mass is 35.5. The molecule has 9 nitrogen and oxygen atoms in total. The number of thioether (sulfide) groups is 1. The van der Waals surface area contributed by atoms with Crippen molar-refractivity contribution in [3.63, 3.8) is 0 Å². The maximum absolute atomic E-state index is 12.5. The van der Waals surface area contributed by atoms with Crippen LogP contribution in [0.25, 0.3) is 17.1 Å². The third-order valence-electron chi connectivity index (χ3n) is 4.00. The van der Waals surface area contributed by atoms with Gasteiger partial charge >= 0.3 is 0 Å². The Bertz CT molecular complexity index is 1130. The van der Waals surface area contributed by atoms with Crippen LogP contribution in [0.5, 0.6) is 0 Å². The third kappa shape index (κ3) is 4.28. The zero-order valence-electron chi connectivity index (χ0n) is 15.2. The average molecular weight is 427 g/mol. The number of benzene rings is 1. The van der Waals surface area contributed by atoms with Crippen LogP contribution in [0.4, 0.5) is 5.69 Å². The van der Waals surface area contributed by atoms with Crippen LogP contribution in [0.2, 0.25) is 5.02 Å². The minimum Gasteiger partial charge on any atom is -0.323 e. The minimum absolute atomic E-state index is 0.158. The van der Waals surface area contributed by atoms with Gasteiger partial charge in [0.1, 0.15) is 12.7 Å². The number of carbonyl (C=O) groups is 1. The van der Waals surface area contributed by atoms with E-state index in [1.165, 1.54) is 18.1 Å². The van der Waals surface area contributed by atoms with Crippen molar-refractivity contribution in [1.29, 1.82) is 0 Å². The first-order valence-corrected chi connectivity index (χ1v) is 9.85. The molecule has 11 heteroatoms. The van der Waals surface area contributed by atoms with Gasteiger partial charge in [-0.15, -0.1) is 10.2 Å². The van der Waals surface area contributed by atoms with Crippen molar-refractivity contribution in [1.82, 2.24) is 34.5 Å². The number of nitrogens with zero attached hydrogens (tertiary/aromatic N) is 7. The number of aromatic nitrogens is 7. The summed E-state index contributed by atoms with van der Waals surface area (Å²) in [4.78, 5) is 20.5. The van der Waals surface area contributed by atoms with E-state index in [0.717, 1.165) is 5.56 Å². The van der Waals surface area contributed by atoms with Gasteiger partial charge in [-0.3, -0.25) is 9.78 Å². The van der Waals surface area contributed by atoms with Gasteiger partial charge in [-0.25, -0.2) is 9.67 Å². The summed E-state index contributed by atoms with van der Waals surface area (Å²) >= 11 is 7.38. The summed E-state index contributed by atoms with van der Waals surface area (Å²) in [5, 5.41) is 16.5. The molecule has 3 aromatic heterocycles. The van der Waals surface area contributed by atoms with E-state index >= 15 is 0 Å². The number of anilines is 1. The molecule has 4 rings (SSSR count). The normalized spacial score (nSPS) is 10.8. The second kappa shape index (κ2) is 8.41. The van der Waals surface area contributed by atoms with Gasteiger partial charge in [-0.2, -0.15) is 5.10 Å². The van der Waals surface area contributed by atoms with Crippen LogP contribution in [0.15, 0.2) is 60.5 Å². The molecule has 0 saturated carbocycles. The fourth-order valence-electron chi connectivity index (χ4n) is 2.65. The maximum Gasteiger partial charge on any atom is 0.234 e. The largest absolute Gasteiger partial charge is 0.323 e. The van der Waals surface area contributed by atoms with Crippen LogP contribution >= 0.6 is 23.4 Å². The molecule has 29 heavy (non-hydrogen) atoms. The summed E-state index contributed by atoms with van der Waals surface area (Å²) in [6.07, 6.45) is 6.36. The number of hydrogen-bond donors (Lipinski definition) is 1. The smallest absolute Gasteiger partial charge is 0.234 e. The Balaban J connectivity index is 1.46. The van der Waals surface area contributed by atoms with Gasteiger partial charge in [0.15, 0.2) is 11.0 Å². The lowest BCUT2D eigenvalue weighted by Gasteiger charge is -2.11. The monoisotopic (exact) mass is 426 g/mol. The molecule has 0 bridgehead atoms. The second-order valence-electron chi connectivity index (χ2n) is 5.94. The van der Waals surface area contributed by atoms with E-state index in [1.807, 2.05) is 23.7 Å². The summed E-state index contributed by atoms with van der Waals surface area (Å²) in [7, 11) is 1.86. The number of halogens is 1. The topological polar surface area (TPSA) is 103 Å². The van der Waals surface area contributed by atoms with E-state index in [9.17, 15) is 4.79 Å². The minimum atomic E-state index is -0.202. The number of amides is 1. The van der Waals surface area contributed by atoms with E-state index in [-0.39, 0.29) is 11.7 Å². The van der Waals surface area contributed by atoms with Crippen LogP contribution in [0, 0.1) is 0 Å². The first-order chi connectivity index (χ1) is 14.1. The number of rotatable bonds is 6. The first kappa shape index (κ1) is 19.1. The van der Waals surface area contributed by atoms with Crippen LogP contribution in [0.1, 0.15) is 0 Å². The van der Waals surface area contributed by atoms with Crippen molar-refractivity contribution in [3.05, 3.63) is 60.4 Å². The van der Waals surface area contributed by atoms with Crippen molar-refractivity contribution >= 4 is 35.0 Å². The van der Waals surface area contributed by atoms with Crippen molar-refractivity contribution in [2.24, 2.45) is 7.05 Å². The molecule has 0 aliphatic rings. The molecule has 0 atom stereocenters. The Morgan fingerprint density at radius 1 is 1.17 bits per heavy atom. The highest BCUT2D eigenvalue weighted by Gasteiger charge is 2.14. The summed E-state index contributed by atoms with van der Waals surface area (Å²) in [6.45, 7) is 0. The number of pyridine rings is 1. The molecule has 146 valence electrons. The standard InChI is InChI=1S/C18H15ClN8OS/c1-26-17(12-4-6-20-7-5-12)24-25-18(26)29-9-16(28)23-14-8-13(19)2-3-15(14)27-11-21-10-22-27/h2-8,10-11H,9H2,1H3,(H,23,28). The molecule has 1 N–H and O–H groups in total. The fraction of sp³-hybridized carbons (Fsp3) is 0.111. The van der Waals surface area contributed by atoms with Crippen LogP contribution < -0.4 is 5.32 Å². The molecule has 0 aliphatic carbocycles. The van der Waals surface area contributed by atoms with E-state index < -0.39 is 0 Å². The van der Waals surface area contributed by atoms with Gasteiger partial charge in [-0.1, -0.05) is 23.4 Å². The van der Waals surface area contributed by atoms with Crippen LogP contribution in [-0.4, -0.2) is 46.2 Å². The highest BCUT2D eigenvalue weighted by molar-refractivity contribution is 7.99. The molecule has 1 amide bonds. The first-order valence-electron chi connectivity index (χ1n) is 8.49. The Morgan fingerprint density at radius 3 is 2.76 bits per heavy atom. The molecule has 0 unspecified atom stereocenters. The lowest BCUT2D eigenvalue weighted by Crippen LogP contribution is -2.16. The van der Waals surface area contributed by atoms with Gasteiger partial charge in [0.05, 0.1) is 17.1 Å². The van der Waals surface area contributed by atoms with Crippen LogP contribution in [0.3, 0.4) is 0 Å². The molecule has 4 aromatic rings. The molecule has 0 fully saturated rings. The molecule has 0 aliphatic heterocycles. The molecular weight excluding hydrogens is 412 g/mol. The van der Waals surface area contributed by atoms with Crippen molar-refractivity contribution in [2.75, 3.05) is 11.1 Å². The van der Waals surface area contributed by atoms with Gasteiger partial charge in [0.2, 0.25) is 5.91 Å². The summed E-state index contributed by atoms with van der Waals surface area (Å²) in [5.74, 6) is 0.664. The van der Waals surface area contributed by atoms with E-state index in [4.69, 9.17) is 11.6 Å². The molecule has 1 aromatic carbocycles.